The molecule has 1 saturated carbocycles. The van der Waals surface area contributed by atoms with Crippen LogP contribution in [0.1, 0.15) is 30.3 Å². The molecule has 2 aromatic heterocycles. The highest BCUT2D eigenvalue weighted by atomic mass is 16.3. The SMILES string of the molecule is O=C(NCC1CC1)[C@@H]1[C@@H](CO)[C@@H]2Cn3c(ccc(-c4ccccc4)c3=O)[C@@H]2N1Cc1cocn1. The number of aromatic nitrogens is 2. The van der Waals surface area contributed by atoms with Crippen molar-refractivity contribution in [2.75, 3.05) is 13.2 Å². The first kappa shape index (κ1) is 21.3. The lowest BCUT2D eigenvalue weighted by atomic mass is 9.88. The van der Waals surface area contributed by atoms with Crippen LogP contribution in [0.3, 0.4) is 0 Å². The van der Waals surface area contributed by atoms with Gasteiger partial charge in [-0.05, 0) is 36.5 Å². The van der Waals surface area contributed by atoms with Gasteiger partial charge >= 0.3 is 0 Å². The molecule has 3 aromatic rings. The summed E-state index contributed by atoms with van der Waals surface area (Å²) in [6.45, 7) is 1.44. The number of nitrogens with zero attached hydrogens (tertiary/aromatic N) is 3. The number of hydrogen-bond acceptors (Lipinski definition) is 6. The van der Waals surface area contributed by atoms with Crippen LogP contribution in [0.15, 0.2) is 64.3 Å². The van der Waals surface area contributed by atoms with Gasteiger partial charge in [-0.25, -0.2) is 4.98 Å². The lowest BCUT2D eigenvalue weighted by molar-refractivity contribution is -0.128. The third-order valence-electron chi connectivity index (χ3n) is 7.63. The molecule has 2 fully saturated rings. The average molecular weight is 461 g/mol. The summed E-state index contributed by atoms with van der Waals surface area (Å²) < 4.78 is 7.01. The predicted molar refractivity (Wildman–Crippen MR) is 125 cm³/mol. The van der Waals surface area contributed by atoms with E-state index >= 15 is 0 Å². The van der Waals surface area contributed by atoms with E-state index in [1.165, 1.54) is 6.39 Å². The van der Waals surface area contributed by atoms with Crippen molar-refractivity contribution in [1.29, 1.82) is 0 Å². The van der Waals surface area contributed by atoms with Crippen LogP contribution < -0.4 is 10.9 Å². The predicted octanol–water partition coefficient (Wildman–Crippen LogP) is 2.19. The Bertz CT molecular complexity index is 1240. The third-order valence-corrected chi connectivity index (χ3v) is 7.63. The molecule has 1 aromatic carbocycles. The van der Waals surface area contributed by atoms with Gasteiger partial charge in [-0.3, -0.25) is 14.5 Å². The summed E-state index contributed by atoms with van der Waals surface area (Å²) >= 11 is 0. The number of fused-ring (bicyclic) bond motifs is 3. The zero-order valence-corrected chi connectivity index (χ0v) is 18.8. The minimum Gasteiger partial charge on any atom is -0.451 e. The van der Waals surface area contributed by atoms with Gasteiger partial charge in [0.15, 0.2) is 6.39 Å². The van der Waals surface area contributed by atoms with E-state index in [0.717, 1.165) is 29.8 Å². The van der Waals surface area contributed by atoms with Crippen molar-refractivity contribution in [2.24, 2.45) is 17.8 Å². The van der Waals surface area contributed by atoms with E-state index in [4.69, 9.17) is 4.42 Å². The molecule has 0 radical (unpaired) electrons. The number of carbonyl (C=O) groups excluding carboxylic acids is 1. The van der Waals surface area contributed by atoms with E-state index in [0.29, 0.717) is 31.1 Å². The van der Waals surface area contributed by atoms with Crippen LogP contribution in [0.4, 0.5) is 0 Å². The largest absolute Gasteiger partial charge is 0.451 e. The number of nitrogens with one attached hydrogen (secondary N) is 1. The second-order valence-electron chi connectivity index (χ2n) is 9.69. The monoisotopic (exact) mass is 460 g/mol. The number of amides is 1. The minimum absolute atomic E-state index is 0.0362. The number of oxazole rings is 1. The van der Waals surface area contributed by atoms with Gasteiger partial charge in [0.2, 0.25) is 5.91 Å². The smallest absolute Gasteiger partial charge is 0.258 e. The summed E-state index contributed by atoms with van der Waals surface area (Å²) in [5, 5.41) is 13.5. The summed E-state index contributed by atoms with van der Waals surface area (Å²) in [5.74, 6) is 0.179. The second-order valence-corrected chi connectivity index (χ2v) is 9.69. The summed E-state index contributed by atoms with van der Waals surface area (Å²) in [6.07, 6.45) is 5.28. The van der Waals surface area contributed by atoms with Crippen molar-refractivity contribution >= 4 is 5.91 Å². The van der Waals surface area contributed by atoms with Crippen LogP contribution in [0.25, 0.3) is 11.1 Å². The zero-order chi connectivity index (χ0) is 23.2. The maximum Gasteiger partial charge on any atom is 0.258 e. The first-order valence-electron chi connectivity index (χ1n) is 12.0. The Hall–Kier alpha value is -3.23. The number of rotatable bonds is 7. The molecule has 6 rings (SSSR count). The molecule has 0 unspecified atom stereocenters. The number of likely N-dealkylation sites (tertiary alicyclic amines) is 1. The fourth-order valence-corrected chi connectivity index (χ4v) is 5.80. The lowest BCUT2D eigenvalue weighted by Gasteiger charge is -2.30. The van der Waals surface area contributed by atoms with Crippen LogP contribution in [0.2, 0.25) is 0 Å². The van der Waals surface area contributed by atoms with E-state index < -0.39 is 6.04 Å². The molecular weight excluding hydrogens is 432 g/mol. The van der Waals surface area contributed by atoms with Crippen LogP contribution in [-0.4, -0.2) is 44.7 Å². The Morgan fingerprint density at radius 2 is 2.00 bits per heavy atom. The van der Waals surface area contributed by atoms with E-state index in [1.54, 1.807) is 6.26 Å². The first-order chi connectivity index (χ1) is 16.7. The van der Waals surface area contributed by atoms with Crippen molar-refractivity contribution in [2.45, 2.75) is 38.0 Å². The van der Waals surface area contributed by atoms with Crippen LogP contribution in [0, 0.1) is 17.8 Å². The van der Waals surface area contributed by atoms with Gasteiger partial charge in [-0.2, -0.15) is 0 Å². The maximum atomic E-state index is 13.5. The van der Waals surface area contributed by atoms with Gasteiger partial charge in [0, 0.05) is 49.3 Å². The van der Waals surface area contributed by atoms with Gasteiger partial charge in [0.25, 0.3) is 5.56 Å². The van der Waals surface area contributed by atoms with E-state index in [2.05, 4.69) is 15.2 Å². The highest BCUT2D eigenvalue weighted by molar-refractivity contribution is 5.83. The standard InChI is InChI=1S/C26H28N4O4/c31-13-21-20-12-29-22(9-8-19(26(29)33)17-4-2-1-3-5-17)23(20)30(11-18-14-34-15-28-18)24(21)25(32)27-10-16-6-7-16/h1-5,8-9,14-16,20-21,23-24,31H,6-7,10-13H2,(H,27,32)/t20-,21-,23+,24-/m0/s1. The molecule has 1 aliphatic carbocycles. The molecule has 2 N–H and O–H groups in total. The summed E-state index contributed by atoms with van der Waals surface area (Å²) in [4.78, 5) is 33.2. The van der Waals surface area contributed by atoms with Crippen molar-refractivity contribution in [3.63, 3.8) is 0 Å². The molecule has 1 amide bonds. The Morgan fingerprint density at radius 1 is 1.18 bits per heavy atom. The Morgan fingerprint density at radius 3 is 2.71 bits per heavy atom. The van der Waals surface area contributed by atoms with Crippen molar-refractivity contribution in [3.05, 3.63) is 76.9 Å². The van der Waals surface area contributed by atoms with Crippen LogP contribution in [-0.2, 0) is 17.9 Å². The Balaban J connectivity index is 1.39. The zero-order valence-electron chi connectivity index (χ0n) is 18.8. The molecule has 8 nitrogen and oxygen atoms in total. The number of aliphatic hydroxyl groups is 1. The number of benzene rings is 1. The molecule has 4 heterocycles. The number of pyridine rings is 1. The Kier molecular flexibility index (Phi) is 5.34. The highest BCUT2D eigenvalue weighted by Gasteiger charge is 2.55. The van der Waals surface area contributed by atoms with Crippen molar-refractivity contribution in [1.82, 2.24) is 19.8 Å². The average Bonchev–Trinajstić information content (AvgIpc) is 3.25. The molecule has 0 spiro atoms. The molecule has 4 atom stereocenters. The molecule has 2 aliphatic heterocycles. The van der Waals surface area contributed by atoms with E-state index in [1.807, 2.05) is 47.0 Å². The van der Waals surface area contributed by atoms with Crippen LogP contribution >= 0.6 is 0 Å². The highest BCUT2D eigenvalue weighted by Crippen LogP contribution is 2.50. The molecular formula is C26H28N4O4. The van der Waals surface area contributed by atoms with E-state index in [-0.39, 0.29) is 36.0 Å². The quantitative estimate of drug-likeness (QED) is 0.561. The van der Waals surface area contributed by atoms with Crippen molar-refractivity contribution < 1.29 is 14.3 Å². The second kappa shape index (κ2) is 8.52. The summed E-state index contributed by atoms with van der Waals surface area (Å²) in [5.41, 5.74) is 3.11. The summed E-state index contributed by atoms with van der Waals surface area (Å²) in [6, 6.07) is 12.9. The first-order valence-corrected chi connectivity index (χ1v) is 12.0. The topological polar surface area (TPSA) is 101 Å². The van der Waals surface area contributed by atoms with Crippen molar-refractivity contribution in [3.8, 4) is 11.1 Å². The number of aliphatic hydroxyl groups excluding tert-OH is 1. The van der Waals surface area contributed by atoms with Gasteiger partial charge in [0.1, 0.15) is 6.26 Å². The lowest BCUT2D eigenvalue weighted by Crippen LogP contribution is -2.48. The number of carbonyl (C=O) groups is 1. The molecule has 34 heavy (non-hydrogen) atoms. The fraction of sp³-hybridized carbons (Fsp3) is 0.423. The fourth-order valence-electron chi connectivity index (χ4n) is 5.80. The third kappa shape index (κ3) is 3.58. The van der Waals surface area contributed by atoms with Gasteiger partial charge in [0.05, 0.1) is 17.8 Å². The van der Waals surface area contributed by atoms with Gasteiger partial charge in [-0.1, -0.05) is 30.3 Å². The molecule has 0 bridgehead atoms. The maximum absolute atomic E-state index is 13.5. The van der Waals surface area contributed by atoms with Gasteiger partial charge in [-0.15, -0.1) is 0 Å². The minimum atomic E-state index is -0.492. The van der Waals surface area contributed by atoms with Gasteiger partial charge < -0.3 is 19.4 Å². The molecule has 3 aliphatic rings. The summed E-state index contributed by atoms with van der Waals surface area (Å²) in [7, 11) is 0. The Labute approximate surface area is 197 Å². The van der Waals surface area contributed by atoms with Crippen LogP contribution in [0.5, 0.6) is 0 Å². The number of hydrogen-bond donors (Lipinski definition) is 2. The molecule has 8 heteroatoms. The molecule has 176 valence electrons. The normalized spacial score (nSPS) is 25.8. The van der Waals surface area contributed by atoms with E-state index in [9.17, 15) is 14.7 Å². The molecule has 1 saturated heterocycles.